The van der Waals surface area contributed by atoms with Crippen molar-refractivity contribution in [2.75, 3.05) is 12.1 Å². The molecule has 1 aromatic carbocycles. The molecule has 0 spiro atoms. The molecule has 5 nitrogen and oxygen atoms in total. The zero-order valence-corrected chi connectivity index (χ0v) is 12.2. The molecule has 0 bridgehead atoms. The fraction of sp³-hybridized carbons (Fsp3) is 0.533. The average Bonchev–Trinajstić information content (AvgIpc) is 2.72. The van der Waals surface area contributed by atoms with Gasteiger partial charge in [-0.15, -0.1) is 0 Å². The van der Waals surface area contributed by atoms with Gasteiger partial charge < -0.3 is 20.5 Å². The third-order valence-corrected chi connectivity index (χ3v) is 2.98. The van der Waals surface area contributed by atoms with E-state index in [-0.39, 0.29) is 24.2 Å². The molecule has 110 valence electrons. The van der Waals surface area contributed by atoms with Gasteiger partial charge in [0.1, 0.15) is 0 Å². The van der Waals surface area contributed by atoms with E-state index in [2.05, 4.69) is 26.1 Å². The first-order valence-corrected chi connectivity index (χ1v) is 6.78. The Morgan fingerprint density at radius 3 is 2.75 bits per heavy atom. The van der Waals surface area contributed by atoms with E-state index in [0.717, 1.165) is 6.42 Å². The first-order valence-electron chi connectivity index (χ1n) is 6.78. The summed E-state index contributed by atoms with van der Waals surface area (Å²) < 4.78 is 10.5. The number of hydrogen-bond acceptors (Lipinski definition) is 4. The highest BCUT2D eigenvalue weighted by molar-refractivity contribution is 5.91. The van der Waals surface area contributed by atoms with E-state index in [1.54, 1.807) is 18.2 Å². The van der Waals surface area contributed by atoms with Gasteiger partial charge in [-0.1, -0.05) is 20.8 Å². The van der Waals surface area contributed by atoms with E-state index in [1.165, 1.54) is 0 Å². The predicted octanol–water partition coefficient (Wildman–Crippen LogP) is 2.51. The second-order valence-electron chi connectivity index (χ2n) is 6.35. The lowest BCUT2D eigenvalue weighted by atomic mass is 9.87. The highest BCUT2D eigenvalue weighted by atomic mass is 16.7. The van der Waals surface area contributed by atoms with Gasteiger partial charge in [-0.3, -0.25) is 4.79 Å². The van der Waals surface area contributed by atoms with Crippen LogP contribution in [-0.4, -0.2) is 18.7 Å². The Morgan fingerprint density at radius 2 is 2.05 bits per heavy atom. The van der Waals surface area contributed by atoms with E-state index in [0.29, 0.717) is 23.6 Å². The number of anilines is 1. The minimum atomic E-state index is -0.135. The summed E-state index contributed by atoms with van der Waals surface area (Å²) in [7, 11) is 0. The molecule has 0 saturated heterocycles. The van der Waals surface area contributed by atoms with Crippen molar-refractivity contribution < 1.29 is 14.3 Å². The lowest BCUT2D eigenvalue weighted by Crippen LogP contribution is -2.31. The zero-order valence-electron chi connectivity index (χ0n) is 12.2. The fourth-order valence-corrected chi connectivity index (χ4v) is 2.28. The SMILES string of the molecule is CC(C)(C)CC(N)CC(=O)Nc1ccc2c(c1)OCO2. The van der Waals surface area contributed by atoms with Gasteiger partial charge in [-0.25, -0.2) is 0 Å². The van der Waals surface area contributed by atoms with Crippen LogP contribution >= 0.6 is 0 Å². The third-order valence-electron chi connectivity index (χ3n) is 2.98. The lowest BCUT2D eigenvalue weighted by molar-refractivity contribution is -0.116. The Hall–Kier alpha value is -1.75. The van der Waals surface area contributed by atoms with Crippen LogP contribution in [0.25, 0.3) is 0 Å². The molecule has 0 aliphatic carbocycles. The Balaban J connectivity index is 1.88. The molecule has 3 N–H and O–H groups in total. The first-order chi connectivity index (χ1) is 9.33. The molecule has 0 saturated carbocycles. The van der Waals surface area contributed by atoms with Gasteiger partial charge in [0.25, 0.3) is 0 Å². The van der Waals surface area contributed by atoms with Gasteiger partial charge >= 0.3 is 0 Å². The summed E-state index contributed by atoms with van der Waals surface area (Å²) in [6, 6.07) is 5.20. The molecular weight excluding hydrogens is 256 g/mol. The summed E-state index contributed by atoms with van der Waals surface area (Å²) >= 11 is 0. The van der Waals surface area contributed by atoms with Crippen molar-refractivity contribution in [1.82, 2.24) is 0 Å². The van der Waals surface area contributed by atoms with E-state index in [9.17, 15) is 4.79 Å². The normalized spacial score (nSPS) is 15.0. The van der Waals surface area contributed by atoms with Crippen molar-refractivity contribution in [1.29, 1.82) is 0 Å². The number of benzene rings is 1. The quantitative estimate of drug-likeness (QED) is 0.887. The van der Waals surface area contributed by atoms with Gasteiger partial charge in [0.15, 0.2) is 11.5 Å². The standard InChI is InChI=1S/C15H22N2O3/c1-15(2,3)8-10(16)6-14(18)17-11-4-5-12-13(7-11)20-9-19-12/h4-5,7,10H,6,8-9,16H2,1-3H3,(H,17,18). The molecule has 1 heterocycles. The Kier molecular flexibility index (Phi) is 4.18. The zero-order chi connectivity index (χ0) is 14.8. The molecule has 20 heavy (non-hydrogen) atoms. The van der Waals surface area contributed by atoms with E-state index in [1.807, 2.05) is 0 Å². The maximum Gasteiger partial charge on any atom is 0.231 e. The van der Waals surface area contributed by atoms with Crippen LogP contribution < -0.4 is 20.5 Å². The molecular formula is C15H22N2O3. The molecule has 5 heteroatoms. The van der Waals surface area contributed by atoms with Crippen molar-refractivity contribution in [3.63, 3.8) is 0 Å². The summed E-state index contributed by atoms with van der Waals surface area (Å²) in [6.07, 6.45) is 1.12. The monoisotopic (exact) mass is 278 g/mol. The summed E-state index contributed by atoms with van der Waals surface area (Å²) in [5.74, 6) is 1.27. The van der Waals surface area contributed by atoms with Crippen LogP contribution in [-0.2, 0) is 4.79 Å². The maximum atomic E-state index is 11.9. The number of carbonyl (C=O) groups excluding carboxylic acids is 1. The van der Waals surface area contributed by atoms with Gasteiger partial charge in [-0.2, -0.15) is 0 Å². The van der Waals surface area contributed by atoms with E-state index < -0.39 is 0 Å². The molecule has 0 radical (unpaired) electrons. The fourth-order valence-electron chi connectivity index (χ4n) is 2.28. The number of rotatable bonds is 4. The van der Waals surface area contributed by atoms with Crippen LogP contribution in [0.4, 0.5) is 5.69 Å². The number of amides is 1. The highest BCUT2D eigenvalue weighted by Crippen LogP contribution is 2.34. The van der Waals surface area contributed by atoms with Gasteiger partial charge in [0.2, 0.25) is 12.7 Å². The van der Waals surface area contributed by atoms with Crippen LogP contribution in [0.2, 0.25) is 0 Å². The Labute approximate surface area is 119 Å². The molecule has 1 atom stereocenters. The van der Waals surface area contributed by atoms with Crippen LogP contribution in [0, 0.1) is 5.41 Å². The minimum Gasteiger partial charge on any atom is -0.454 e. The van der Waals surface area contributed by atoms with Crippen molar-refractivity contribution in [3.8, 4) is 11.5 Å². The molecule has 1 aliphatic heterocycles. The maximum absolute atomic E-state index is 11.9. The summed E-state index contributed by atoms with van der Waals surface area (Å²) in [5.41, 5.74) is 6.82. The number of hydrogen-bond donors (Lipinski definition) is 2. The molecule has 0 fully saturated rings. The second-order valence-corrected chi connectivity index (χ2v) is 6.35. The topological polar surface area (TPSA) is 73.6 Å². The first kappa shape index (κ1) is 14.7. The van der Waals surface area contributed by atoms with Crippen LogP contribution in [0.1, 0.15) is 33.6 Å². The number of nitrogens with two attached hydrogens (primary N) is 1. The molecule has 1 aromatic rings. The third kappa shape index (κ3) is 4.13. The molecule has 1 amide bonds. The summed E-state index contributed by atoms with van der Waals surface area (Å²) in [6.45, 7) is 6.57. The molecule has 2 rings (SSSR count). The number of fused-ring (bicyclic) bond motifs is 1. The largest absolute Gasteiger partial charge is 0.454 e. The van der Waals surface area contributed by atoms with Crippen LogP contribution in [0.15, 0.2) is 18.2 Å². The van der Waals surface area contributed by atoms with Gasteiger partial charge in [0, 0.05) is 24.2 Å². The van der Waals surface area contributed by atoms with Crippen LogP contribution in [0.3, 0.4) is 0 Å². The van der Waals surface area contributed by atoms with Crippen molar-refractivity contribution in [2.45, 2.75) is 39.7 Å². The number of ether oxygens (including phenoxy) is 2. The highest BCUT2D eigenvalue weighted by Gasteiger charge is 2.19. The molecule has 0 aromatic heterocycles. The van der Waals surface area contributed by atoms with E-state index in [4.69, 9.17) is 15.2 Å². The van der Waals surface area contributed by atoms with Gasteiger partial charge in [-0.05, 0) is 24.0 Å². The number of nitrogens with one attached hydrogen (secondary N) is 1. The Morgan fingerprint density at radius 1 is 1.35 bits per heavy atom. The van der Waals surface area contributed by atoms with E-state index >= 15 is 0 Å². The minimum absolute atomic E-state index is 0.0828. The van der Waals surface area contributed by atoms with Crippen LogP contribution in [0.5, 0.6) is 11.5 Å². The van der Waals surface area contributed by atoms with Gasteiger partial charge in [0.05, 0.1) is 0 Å². The average molecular weight is 278 g/mol. The predicted molar refractivity (Wildman–Crippen MR) is 77.9 cm³/mol. The summed E-state index contributed by atoms with van der Waals surface area (Å²) in [5, 5.41) is 2.83. The molecule has 1 aliphatic rings. The van der Waals surface area contributed by atoms with Crippen molar-refractivity contribution >= 4 is 11.6 Å². The second kappa shape index (κ2) is 5.71. The molecule has 1 unspecified atom stereocenters. The number of carbonyl (C=O) groups is 1. The van der Waals surface area contributed by atoms with Crippen molar-refractivity contribution in [2.24, 2.45) is 11.1 Å². The van der Waals surface area contributed by atoms with Crippen molar-refractivity contribution in [3.05, 3.63) is 18.2 Å². The Bertz CT molecular complexity index is 494. The smallest absolute Gasteiger partial charge is 0.231 e. The summed E-state index contributed by atoms with van der Waals surface area (Å²) in [4.78, 5) is 11.9. The lowest BCUT2D eigenvalue weighted by Gasteiger charge is -2.22.